The molecule has 0 amide bonds. The molecule has 1 aliphatic heterocycles. The molecule has 0 spiro atoms. The van der Waals surface area contributed by atoms with Gasteiger partial charge in [0.15, 0.2) is 5.82 Å². The van der Waals surface area contributed by atoms with E-state index in [1.165, 1.54) is 6.07 Å². The first-order chi connectivity index (χ1) is 18.4. The van der Waals surface area contributed by atoms with Crippen molar-refractivity contribution in [2.45, 2.75) is 44.3 Å². The lowest BCUT2D eigenvalue weighted by atomic mass is 9.83. The average Bonchev–Trinajstić information content (AvgIpc) is 3.37. The minimum Gasteiger partial charge on any atom is -0.388 e. The Hall–Kier alpha value is -3.73. The lowest BCUT2D eigenvalue weighted by Crippen LogP contribution is -2.53. The molecule has 2 N–H and O–H groups in total. The highest BCUT2D eigenvalue weighted by atomic mass is 16.3. The maximum absolute atomic E-state index is 12.5. The summed E-state index contributed by atoms with van der Waals surface area (Å²) >= 11 is 0. The van der Waals surface area contributed by atoms with Crippen molar-refractivity contribution < 1.29 is 10.2 Å². The predicted octanol–water partition coefficient (Wildman–Crippen LogP) is 2.07. The van der Waals surface area contributed by atoms with E-state index in [0.29, 0.717) is 43.0 Å². The molecule has 0 radical (unpaired) electrons. The van der Waals surface area contributed by atoms with Gasteiger partial charge in [0, 0.05) is 62.3 Å². The molecule has 10 nitrogen and oxygen atoms in total. The summed E-state index contributed by atoms with van der Waals surface area (Å²) in [7, 11) is 1.83. The highest BCUT2D eigenvalue weighted by Gasteiger charge is 2.42. The van der Waals surface area contributed by atoms with Crippen LogP contribution in [0, 0.1) is 0 Å². The van der Waals surface area contributed by atoms with Gasteiger partial charge in [0.05, 0.1) is 18.5 Å². The largest absolute Gasteiger partial charge is 0.388 e. The maximum Gasteiger partial charge on any atom is 0.203 e. The van der Waals surface area contributed by atoms with Crippen LogP contribution in [0.1, 0.15) is 43.0 Å². The lowest BCUT2D eigenvalue weighted by molar-refractivity contribution is -0.125. The van der Waals surface area contributed by atoms with Crippen LogP contribution in [0.4, 0.5) is 0 Å². The molecule has 4 heterocycles. The van der Waals surface area contributed by atoms with Gasteiger partial charge in [0.25, 0.3) is 0 Å². The van der Waals surface area contributed by atoms with Gasteiger partial charge in [-0.05, 0) is 31.0 Å². The molecule has 2 atom stereocenters. The molecule has 1 aromatic carbocycles. The van der Waals surface area contributed by atoms with Gasteiger partial charge in [-0.3, -0.25) is 9.48 Å². The van der Waals surface area contributed by atoms with Crippen LogP contribution < -0.4 is 5.43 Å². The van der Waals surface area contributed by atoms with Crippen molar-refractivity contribution >= 4 is 0 Å². The van der Waals surface area contributed by atoms with Gasteiger partial charge in [-0.25, -0.2) is 14.6 Å². The van der Waals surface area contributed by atoms with E-state index in [-0.39, 0.29) is 5.43 Å². The molecule has 0 unspecified atom stereocenters. The Morgan fingerprint density at radius 3 is 2.68 bits per heavy atom. The monoisotopic (exact) mass is 515 g/mol. The molecular formula is C28H33N7O3. The third-order valence-electron chi connectivity index (χ3n) is 7.16. The highest BCUT2D eigenvalue weighted by Crippen LogP contribution is 2.33. The van der Waals surface area contributed by atoms with Crippen molar-refractivity contribution in [1.82, 2.24) is 34.4 Å². The van der Waals surface area contributed by atoms with Gasteiger partial charge in [-0.15, -0.1) is 0 Å². The zero-order valence-corrected chi connectivity index (χ0v) is 21.7. The zero-order valence-electron chi connectivity index (χ0n) is 21.7. The number of likely N-dealkylation sites (tertiary alicyclic amines) is 1. The van der Waals surface area contributed by atoms with Crippen LogP contribution in [0.25, 0.3) is 17.1 Å². The number of aryl methyl sites for hydroxylation is 1. The van der Waals surface area contributed by atoms with Gasteiger partial charge < -0.3 is 15.1 Å². The molecule has 0 aliphatic carbocycles. The number of hydrogen-bond donors (Lipinski definition) is 2. The molecule has 0 saturated carbocycles. The summed E-state index contributed by atoms with van der Waals surface area (Å²) in [5.74, 6) is 0.503. The standard InChI is InChI=1S/C28H33N7O3/c1-3-4-10-34-12-9-28(38,26(37)19-34)22-15-29-27(30-16-22)21-7-5-6-20(13-21)14-24-25(36)8-11-35(32-24)23-17-31-33(2)18-23/h5-8,11,13,15-18,26,37-38H,3-4,9-10,12,14,19H2,1-2H3/t26-,28+/m0/s1. The maximum atomic E-state index is 12.5. The second-order valence-corrected chi connectivity index (χ2v) is 9.96. The number of aliphatic hydroxyl groups is 2. The number of rotatable bonds is 8. The molecule has 38 heavy (non-hydrogen) atoms. The summed E-state index contributed by atoms with van der Waals surface area (Å²) < 4.78 is 3.32. The molecule has 10 heteroatoms. The Bertz CT molecular complexity index is 1450. The van der Waals surface area contributed by atoms with E-state index in [0.717, 1.165) is 36.2 Å². The highest BCUT2D eigenvalue weighted by molar-refractivity contribution is 5.56. The first kappa shape index (κ1) is 25.9. The van der Waals surface area contributed by atoms with Crippen LogP contribution in [-0.4, -0.2) is 70.4 Å². The third-order valence-corrected chi connectivity index (χ3v) is 7.16. The Morgan fingerprint density at radius 1 is 1.16 bits per heavy atom. The van der Waals surface area contributed by atoms with E-state index in [9.17, 15) is 15.0 Å². The molecule has 1 fully saturated rings. The van der Waals surface area contributed by atoms with Gasteiger partial charge in [0.1, 0.15) is 17.0 Å². The molecule has 1 aliphatic rings. The van der Waals surface area contributed by atoms with E-state index in [2.05, 4.69) is 32.0 Å². The van der Waals surface area contributed by atoms with E-state index in [1.54, 1.807) is 34.2 Å². The third kappa shape index (κ3) is 5.42. The van der Waals surface area contributed by atoms with Crippen LogP contribution in [0.15, 0.2) is 66.1 Å². The van der Waals surface area contributed by atoms with Gasteiger partial charge in [0.2, 0.25) is 5.43 Å². The predicted molar refractivity (Wildman–Crippen MR) is 143 cm³/mol. The fourth-order valence-corrected chi connectivity index (χ4v) is 4.86. The summed E-state index contributed by atoms with van der Waals surface area (Å²) in [5.41, 5.74) is 1.90. The summed E-state index contributed by atoms with van der Waals surface area (Å²) in [5, 5.41) is 30.7. The molecule has 1 saturated heterocycles. The second-order valence-electron chi connectivity index (χ2n) is 9.96. The van der Waals surface area contributed by atoms with Crippen molar-refractivity contribution in [2.75, 3.05) is 19.6 Å². The fraction of sp³-hybridized carbons (Fsp3) is 0.393. The molecule has 198 valence electrons. The van der Waals surface area contributed by atoms with Crippen LogP contribution in [0.5, 0.6) is 0 Å². The van der Waals surface area contributed by atoms with Crippen LogP contribution in [0.3, 0.4) is 0 Å². The summed E-state index contributed by atoms with van der Waals surface area (Å²) in [4.78, 5) is 23.7. The van der Waals surface area contributed by atoms with Crippen molar-refractivity contribution in [3.63, 3.8) is 0 Å². The number of nitrogens with zero attached hydrogens (tertiary/aromatic N) is 7. The Morgan fingerprint density at radius 2 is 1.97 bits per heavy atom. The van der Waals surface area contributed by atoms with Crippen molar-refractivity contribution in [3.8, 4) is 17.1 Å². The van der Waals surface area contributed by atoms with E-state index >= 15 is 0 Å². The number of β-amino-alcohol motifs (C(OH)–C–C–N with tert-alkyl or cyclic N) is 1. The molecule has 3 aromatic heterocycles. The molecular weight excluding hydrogens is 482 g/mol. The molecule has 5 rings (SSSR count). The van der Waals surface area contributed by atoms with Crippen molar-refractivity contribution in [1.29, 1.82) is 0 Å². The van der Waals surface area contributed by atoms with Gasteiger partial charge in [-0.2, -0.15) is 10.2 Å². The number of aromatic nitrogens is 6. The number of benzene rings is 1. The van der Waals surface area contributed by atoms with Gasteiger partial charge in [-0.1, -0.05) is 31.5 Å². The molecule has 0 bridgehead atoms. The smallest absolute Gasteiger partial charge is 0.203 e. The minimum atomic E-state index is -1.36. The minimum absolute atomic E-state index is 0.135. The number of piperidine rings is 1. The van der Waals surface area contributed by atoms with E-state index < -0.39 is 11.7 Å². The summed E-state index contributed by atoms with van der Waals surface area (Å²) in [6.07, 6.45) is 10.4. The van der Waals surface area contributed by atoms with Gasteiger partial charge >= 0.3 is 0 Å². The number of aliphatic hydroxyl groups excluding tert-OH is 1. The SMILES string of the molecule is CCCCN1CC[C@@](O)(c2cnc(-c3cccc(Cc4nn(-c5cnn(C)c5)ccc4=O)c3)nc2)[C@@H](O)C1. The lowest BCUT2D eigenvalue weighted by Gasteiger charge is -2.42. The second kappa shape index (κ2) is 10.9. The fourth-order valence-electron chi connectivity index (χ4n) is 4.86. The van der Waals surface area contributed by atoms with Crippen molar-refractivity contribution in [2.24, 2.45) is 7.05 Å². The van der Waals surface area contributed by atoms with E-state index in [4.69, 9.17) is 0 Å². The summed E-state index contributed by atoms with van der Waals surface area (Å²) in [6, 6.07) is 9.18. The van der Waals surface area contributed by atoms with Crippen LogP contribution >= 0.6 is 0 Å². The quantitative estimate of drug-likeness (QED) is 0.366. The number of unbranched alkanes of at least 4 members (excludes halogenated alkanes) is 1. The normalized spacial score (nSPS) is 20.1. The van der Waals surface area contributed by atoms with E-state index in [1.807, 2.05) is 37.5 Å². The molecule has 4 aromatic rings. The first-order valence-electron chi connectivity index (χ1n) is 13.0. The summed E-state index contributed by atoms with van der Waals surface area (Å²) in [6.45, 7) is 4.21. The topological polar surface area (TPSA) is 122 Å². The first-order valence-corrected chi connectivity index (χ1v) is 13.0. The van der Waals surface area contributed by atoms with Crippen molar-refractivity contribution in [3.05, 3.63) is 88.4 Å². The zero-order chi connectivity index (χ0) is 26.7. The number of hydrogen-bond acceptors (Lipinski definition) is 8. The Kier molecular flexibility index (Phi) is 7.46. The average molecular weight is 516 g/mol. The van der Waals surface area contributed by atoms with Crippen LogP contribution in [0.2, 0.25) is 0 Å². The Labute approximate surface area is 221 Å². The Balaban J connectivity index is 1.32. The van der Waals surface area contributed by atoms with Crippen LogP contribution in [-0.2, 0) is 19.1 Å².